The molecule has 1 aliphatic rings. The number of nitrogens with zero attached hydrogens (tertiary/aromatic N) is 2. The molecule has 0 aliphatic carbocycles. The lowest BCUT2D eigenvalue weighted by Gasteiger charge is -2.31. The average Bonchev–Trinajstić information content (AvgIpc) is 2.34. The van der Waals surface area contributed by atoms with Crippen LogP contribution in [0, 0.1) is 11.3 Å². The van der Waals surface area contributed by atoms with Crippen molar-refractivity contribution in [3.05, 3.63) is 28.8 Å². The van der Waals surface area contributed by atoms with E-state index in [1.807, 2.05) is 6.07 Å². The van der Waals surface area contributed by atoms with Gasteiger partial charge in [0.05, 0.1) is 28.4 Å². The maximum atomic E-state index is 11.9. The lowest BCUT2D eigenvalue weighted by atomic mass is 10.0. The van der Waals surface area contributed by atoms with E-state index in [1.165, 1.54) is 0 Å². The molecular formula is C12H12ClN3O. The molecule has 1 saturated heterocycles. The first-order chi connectivity index (χ1) is 8.13. The first-order valence-electron chi connectivity index (χ1n) is 5.40. The molecule has 1 fully saturated rings. The molecule has 1 atom stereocenters. The Bertz CT molecular complexity index is 495. The zero-order valence-corrected chi connectivity index (χ0v) is 9.94. The predicted octanol–water partition coefficient (Wildman–Crippen LogP) is 1.67. The van der Waals surface area contributed by atoms with Gasteiger partial charge in [0.25, 0.3) is 0 Å². The third-order valence-corrected chi connectivity index (χ3v) is 3.17. The summed E-state index contributed by atoms with van der Waals surface area (Å²) in [6.07, 6.45) is 1.55. The van der Waals surface area contributed by atoms with Crippen LogP contribution in [0.4, 0.5) is 5.69 Å². The number of amides is 1. The van der Waals surface area contributed by atoms with Crippen molar-refractivity contribution in [3.63, 3.8) is 0 Å². The molecule has 2 N–H and O–H groups in total. The van der Waals surface area contributed by atoms with Crippen molar-refractivity contribution in [2.45, 2.75) is 18.9 Å². The Morgan fingerprint density at radius 1 is 1.53 bits per heavy atom. The molecule has 0 bridgehead atoms. The van der Waals surface area contributed by atoms with Crippen molar-refractivity contribution in [2.24, 2.45) is 5.73 Å². The smallest absolute Gasteiger partial charge is 0.243 e. The molecule has 2 rings (SSSR count). The molecule has 0 spiro atoms. The predicted molar refractivity (Wildman–Crippen MR) is 65.7 cm³/mol. The molecule has 1 amide bonds. The molecule has 1 aromatic rings. The van der Waals surface area contributed by atoms with Crippen molar-refractivity contribution < 1.29 is 4.79 Å². The van der Waals surface area contributed by atoms with Crippen LogP contribution < -0.4 is 10.6 Å². The fourth-order valence-electron chi connectivity index (χ4n) is 1.93. The molecule has 1 heterocycles. The zero-order chi connectivity index (χ0) is 12.4. The summed E-state index contributed by atoms with van der Waals surface area (Å²) in [7, 11) is 0. The number of hydrogen-bond acceptors (Lipinski definition) is 3. The number of nitriles is 1. The summed E-state index contributed by atoms with van der Waals surface area (Å²) in [6, 6.07) is 6.44. The first kappa shape index (κ1) is 11.9. The van der Waals surface area contributed by atoms with Crippen molar-refractivity contribution in [1.29, 1.82) is 5.26 Å². The molecule has 88 valence electrons. The highest BCUT2D eigenvalue weighted by atomic mass is 35.5. The lowest BCUT2D eigenvalue weighted by molar-refractivity contribution is -0.120. The Kier molecular flexibility index (Phi) is 3.32. The molecule has 0 saturated carbocycles. The number of anilines is 1. The van der Waals surface area contributed by atoms with Gasteiger partial charge in [-0.05, 0) is 31.0 Å². The minimum atomic E-state index is -0.467. The van der Waals surface area contributed by atoms with E-state index in [4.69, 9.17) is 22.6 Å². The number of nitrogens with two attached hydrogens (primary N) is 1. The van der Waals surface area contributed by atoms with Crippen LogP contribution >= 0.6 is 11.6 Å². The van der Waals surface area contributed by atoms with E-state index >= 15 is 0 Å². The van der Waals surface area contributed by atoms with Crippen LogP contribution in [-0.4, -0.2) is 18.5 Å². The molecule has 1 aliphatic heterocycles. The summed E-state index contributed by atoms with van der Waals surface area (Å²) in [5.74, 6) is -0.131. The number of hydrogen-bond donors (Lipinski definition) is 1. The standard InChI is InChI=1S/C12H12ClN3O/c13-9-4-3-8(7-14)6-11(9)16-5-1-2-10(15)12(16)17/h3-4,6,10H,1-2,5,15H2. The van der Waals surface area contributed by atoms with Crippen LogP contribution in [0.15, 0.2) is 18.2 Å². The number of piperidine rings is 1. The SMILES string of the molecule is N#Cc1ccc(Cl)c(N2CCCC(N)C2=O)c1. The van der Waals surface area contributed by atoms with Crippen molar-refractivity contribution in [1.82, 2.24) is 0 Å². The minimum Gasteiger partial charge on any atom is -0.320 e. The largest absolute Gasteiger partial charge is 0.320 e. The zero-order valence-electron chi connectivity index (χ0n) is 9.19. The van der Waals surface area contributed by atoms with Gasteiger partial charge in [0.15, 0.2) is 0 Å². The van der Waals surface area contributed by atoms with Crippen LogP contribution in [-0.2, 0) is 4.79 Å². The molecule has 17 heavy (non-hydrogen) atoms. The molecule has 5 heteroatoms. The summed E-state index contributed by atoms with van der Waals surface area (Å²) in [5, 5.41) is 9.31. The van der Waals surface area contributed by atoms with Crippen LogP contribution in [0.1, 0.15) is 18.4 Å². The topological polar surface area (TPSA) is 70.1 Å². The molecule has 4 nitrogen and oxygen atoms in total. The highest BCUT2D eigenvalue weighted by Crippen LogP contribution is 2.29. The van der Waals surface area contributed by atoms with Crippen LogP contribution in [0.25, 0.3) is 0 Å². The van der Waals surface area contributed by atoms with Gasteiger partial charge in [-0.25, -0.2) is 0 Å². The number of carbonyl (C=O) groups is 1. The second-order valence-corrected chi connectivity index (χ2v) is 4.42. The van der Waals surface area contributed by atoms with Gasteiger partial charge in [-0.1, -0.05) is 11.6 Å². The van der Waals surface area contributed by atoms with Gasteiger partial charge in [-0.2, -0.15) is 5.26 Å². The van der Waals surface area contributed by atoms with Gasteiger partial charge in [0.2, 0.25) is 5.91 Å². The van der Waals surface area contributed by atoms with Crippen LogP contribution in [0.3, 0.4) is 0 Å². The Labute approximate surface area is 105 Å². The Morgan fingerprint density at radius 3 is 3.00 bits per heavy atom. The van der Waals surface area contributed by atoms with E-state index in [1.54, 1.807) is 23.1 Å². The minimum absolute atomic E-state index is 0.131. The van der Waals surface area contributed by atoms with E-state index in [2.05, 4.69) is 0 Å². The van der Waals surface area contributed by atoms with E-state index < -0.39 is 6.04 Å². The van der Waals surface area contributed by atoms with E-state index in [-0.39, 0.29) is 5.91 Å². The number of halogens is 1. The molecule has 0 radical (unpaired) electrons. The van der Waals surface area contributed by atoms with E-state index in [0.29, 0.717) is 29.2 Å². The second-order valence-electron chi connectivity index (χ2n) is 4.02. The average molecular weight is 250 g/mol. The van der Waals surface area contributed by atoms with Crippen molar-refractivity contribution in [3.8, 4) is 6.07 Å². The van der Waals surface area contributed by atoms with Gasteiger partial charge in [0, 0.05) is 6.54 Å². The van der Waals surface area contributed by atoms with Gasteiger partial charge >= 0.3 is 0 Å². The van der Waals surface area contributed by atoms with Crippen LogP contribution in [0.2, 0.25) is 5.02 Å². The summed E-state index contributed by atoms with van der Waals surface area (Å²) in [5.41, 5.74) is 6.78. The highest BCUT2D eigenvalue weighted by molar-refractivity contribution is 6.34. The third kappa shape index (κ3) is 2.26. The van der Waals surface area contributed by atoms with Crippen molar-refractivity contribution in [2.75, 3.05) is 11.4 Å². The molecule has 1 unspecified atom stereocenters. The summed E-state index contributed by atoms with van der Waals surface area (Å²) in [4.78, 5) is 13.5. The van der Waals surface area contributed by atoms with Gasteiger partial charge in [0.1, 0.15) is 0 Å². The van der Waals surface area contributed by atoms with Gasteiger partial charge in [-0.15, -0.1) is 0 Å². The second kappa shape index (κ2) is 4.74. The summed E-state index contributed by atoms with van der Waals surface area (Å²) >= 11 is 6.06. The fraction of sp³-hybridized carbons (Fsp3) is 0.333. The Morgan fingerprint density at radius 2 is 2.29 bits per heavy atom. The molecule has 1 aromatic carbocycles. The number of benzene rings is 1. The Balaban J connectivity index is 2.39. The van der Waals surface area contributed by atoms with Crippen LogP contribution in [0.5, 0.6) is 0 Å². The maximum Gasteiger partial charge on any atom is 0.243 e. The van der Waals surface area contributed by atoms with Gasteiger partial charge in [-0.3, -0.25) is 4.79 Å². The van der Waals surface area contributed by atoms with E-state index in [0.717, 1.165) is 6.42 Å². The number of rotatable bonds is 1. The summed E-state index contributed by atoms with van der Waals surface area (Å²) < 4.78 is 0. The third-order valence-electron chi connectivity index (χ3n) is 2.85. The first-order valence-corrected chi connectivity index (χ1v) is 5.78. The number of carbonyl (C=O) groups excluding carboxylic acids is 1. The summed E-state index contributed by atoms with van der Waals surface area (Å²) in [6.45, 7) is 0.598. The molecular weight excluding hydrogens is 238 g/mol. The highest BCUT2D eigenvalue weighted by Gasteiger charge is 2.28. The van der Waals surface area contributed by atoms with Gasteiger partial charge < -0.3 is 10.6 Å². The maximum absolute atomic E-state index is 11.9. The van der Waals surface area contributed by atoms with Crippen molar-refractivity contribution >= 4 is 23.2 Å². The lowest BCUT2D eigenvalue weighted by Crippen LogP contribution is -2.48. The fourth-order valence-corrected chi connectivity index (χ4v) is 2.15. The normalized spacial score (nSPS) is 20.2. The monoisotopic (exact) mass is 249 g/mol. The molecule has 0 aromatic heterocycles. The quantitative estimate of drug-likeness (QED) is 0.823. The van der Waals surface area contributed by atoms with E-state index in [9.17, 15) is 4.79 Å². The Hall–Kier alpha value is -1.57.